The van der Waals surface area contributed by atoms with E-state index in [1.165, 1.54) is 0 Å². The Morgan fingerprint density at radius 1 is 1.40 bits per heavy atom. The smallest absolute Gasteiger partial charge is 0.233 e. The predicted octanol–water partition coefficient (Wildman–Crippen LogP) is 2.48. The zero-order valence-electron chi connectivity index (χ0n) is 8.28. The van der Waals surface area contributed by atoms with Gasteiger partial charge in [0.25, 0.3) is 0 Å². The molecule has 0 unspecified atom stereocenters. The van der Waals surface area contributed by atoms with Gasteiger partial charge in [-0.3, -0.25) is 0 Å². The van der Waals surface area contributed by atoms with Gasteiger partial charge in [0.05, 0.1) is 5.69 Å². The van der Waals surface area contributed by atoms with Gasteiger partial charge in [-0.15, -0.1) is 0 Å². The molecule has 2 heterocycles. The molecule has 0 aliphatic carbocycles. The molecule has 0 spiro atoms. The largest absolute Gasteiger partial charge is 0.338 e. The van der Waals surface area contributed by atoms with Crippen LogP contribution < -0.4 is 5.32 Å². The molecule has 1 N–H and O–H groups in total. The lowest BCUT2D eigenvalue weighted by atomic mass is 10.3. The number of aromatic nitrogens is 3. The van der Waals surface area contributed by atoms with Crippen LogP contribution >= 0.6 is 11.6 Å². The molecule has 0 fully saturated rings. The number of nitrogens with one attached hydrogen (secondary N) is 1. The van der Waals surface area contributed by atoms with E-state index in [1.54, 1.807) is 12.3 Å². The van der Waals surface area contributed by atoms with Crippen LogP contribution in [0.5, 0.6) is 0 Å². The van der Waals surface area contributed by atoms with Crippen molar-refractivity contribution in [3.8, 4) is 0 Å². The van der Waals surface area contributed by atoms with Gasteiger partial charge in [-0.1, -0.05) is 5.16 Å². The quantitative estimate of drug-likeness (QED) is 0.794. The van der Waals surface area contributed by atoms with Crippen molar-refractivity contribution in [3.05, 3.63) is 28.8 Å². The second-order valence-corrected chi connectivity index (χ2v) is 3.40. The van der Waals surface area contributed by atoms with E-state index in [-0.39, 0.29) is 5.28 Å². The third-order valence-corrected chi connectivity index (χ3v) is 2.21. The van der Waals surface area contributed by atoms with E-state index in [1.807, 2.05) is 13.8 Å². The van der Waals surface area contributed by atoms with Gasteiger partial charge in [0.1, 0.15) is 5.82 Å². The van der Waals surface area contributed by atoms with E-state index in [0.29, 0.717) is 11.7 Å². The summed E-state index contributed by atoms with van der Waals surface area (Å²) in [4.78, 5) is 7.75. The van der Waals surface area contributed by atoms with E-state index in [2.05, 4.69) is 20.4 Å². The monoisotopic (exact) mass is 224 g/mol. The first kappa shape index (κ1) is 9.92. The first-order chi connectivity index (χ1) is 7.16. The highest BCUT2D eigenvalue weighted by atomic mass is 35.5. The first-order valence-corrected chi connectivity index (χ1v) is 4.73. The Hall–Kier alpha value is -1.62. The van der Waals surface area contributed by atoms with E-state index < -0.39 is 0 Å². The summed E-state index contributed by atoms with van der Waals surface area (Å²) in [5.74, 6) is 1.15. The lowest BCUT2D eigenvalue weighted by Gasteiger charge is -2.01. The fourth-order valence-electron chi connectivity index (χ4n) is 1.05. The number of anilines is 2. The second kappa shape index (κ2) is 3.86. The van der Waals surface area contributed by atoms with Crippen molar-refractivity contribution in [2.45, 2.75) is 13.8 Å². The molecule has 2 aromatic heterocycles. The number of hydrogen-bond acceptors (Lipinski definition) is 5. The Balaban J connectivity index is 2.26. The van der Waals surface area contributed by atoms with Crippen molar-refractivity contribution >= 4 is 23.3 Å². The normalized spacial score (nSPS) is 10.3. The zero-order chi connectivity index (χ0) is 10.8. The van der Waals surface area contributed by atoms with Crippen molar-refractivity contribution in [2.24, 2.45) is 0 Å². The molecular formula is C9H9ClN4O. The maximum absolute atomic E-state index is 5.65. The summed E-state index contributed by atoms with van der Waals surface area (Å²) in [5, 5.41) is 6.98. The van der Waals surface area contributed by atoms with E-state index in [4.69, 9.17) is 16.1 Å². The van der Waals surface area contributed by atoms with Gasteiger partial charge in [0.15, 0.2) is 0 Å². The molecule has 5 nitrogen and oxygen atoms in total. The van der Waals surface area contributed by atoms with E-state index >= 15 is 0 Å². The molecular weight excluding hydrogens is 216 g/mol. The molecule has 0 atom stereocenters. The maximum Gasteiger partial charge on any atom is 0.233 e. The lowest BCUT2D eigenvalue weighted by Crippen LogP contribution is -1.94. The Kier molecular flexibility index (Phi) is 2.55. The van der Waals surface area contributed by atoms with Crippen LogP contribution in [0.3, 0.4) is 0 Å². The van der Waals surface area contributed by atoms with E-state index in [0.717, 1.165) is 11.3 Å². The average Bonchev–Trinajstić information content (AvgIpc) is 2.50. The summed E-state index contributed by atoms with van der Waals surface area (Å²) < 4.78 is 5.07. The molecule has 78 valence electrons. The highest BCUT2D eigenvalue weighted by molar-refractivity contribution is 6.28. The summed E-state index contributed by atoms with van der Waals surface area (Å²) in [7, 11) is 0. The number of nitrogens with zero attached hydrogens (tertiary/aromatic N) is 3. The minimum absolute atomic E-state index is 0.189. The van der Waals surface area contributed by atoms with Crippen LogP contribution in [0.25, 0.3) is 0 Å². The van der Waals surface area contributed by atoms with Crippen LogP contribution in [0, 0.1) is 13.8 Å². The van der Waals surface area contributed by atoms with Gasteiger partial charge in [-0.25, -0.2) is 9.97 Å². The molecule has 0 saturated heterocycles. The van der Waals surface area contributed by atoms with Crippen LogP contribution in [-0.2, 0) is 0 Å². The molecule has 0 amide bonds. The molecule has 0 bridgehead atoms. The van der Waals surface area contributed by atoms with Crippen molar-refractivity contribution in [2.75, 3.05) is 5.32 Å². The van der Waals surface area contributed by atoms with E-state index in [9.17, 15) is 0 Å². The highest BCUT2D eigenvalue weighted by Crippen LogP contribution is 2.21. The molecule has 0 aliphatic rings. The van der Waals surface area contributed by atoms with Gasteiger partial charge >= 0.3 is 0 Å². The van der Waals surface area contributed by atoms with Crippen molar-refractivity contribution in [1.29, 1.82) is 0 Å². The molecule has 6 heteroatoms. The van der Waals surface area contributed by atoms with Crippen molar-refractivity contribution in [1.82, 2.24) is 15.1 Å². The minimum Gasteiger partial charge on any atom is -0.338 e. The number of aryl methyl sites for hydroxylation is 1. The fraction of sp³-hybridized carbons (Fsp3) is 0.222. The standard InChI is InChI=1S/C9H9ClN4O/c1-5-6(2)14-15-8(5)12-7-3-4-11-9(10)13-7/h3-4H,1-2H3,(H,11,12,13). The van der Waals surface area contributed by atoms with Crippen molar-refractivity contribution < 1.29 is 4.52 Å². The fourth-order valence-corrected chi connectivity index (χ4v) is 1.20. The van der Waals surface area contributed by atoms with Gasteiger partial charge in [0.2, 0.25) is 11.2 Å². The molecule has 0 aromatic carbocycles. The summed E-state index contributed by atoms with van der Waals surface area (Å²) in [5.41, 5.74) is 1.79. The van der Waals surface area contributed by atoms with Gasteiger partial charge < -0.3 is 9.84 Å². The maximum atomic E-state index is 5.65. The second-order valence-electron chi connectivity index (χ2n) is 3.06. The summed E-state index contributed by atoms with van der Waals surface area (Å²) in [6.07, 6.45) is 1.57. The highest BCUT2D eigenvalue weighted by Gasteiger charge is 2.08. The minimum atomic E-state index is 0.189. The van der Waals surface area contributed by atoms with Gasteiger partial charge in [-0.05, 0) is 31.5 Å². The van der Waals surface area contributed by atoms with Crippen LogP contribution in [0.1, 0.15) is 11.3 Å². The zero-order valence-corrected chi connectivity index (χ0v) is 9.04. The average molecular weight is 225 g/mol. The Bertz CT molecular complexity index is 483. The van der Waals surface area contributed by atoms with Gasteiger partial charge in [0, 0.05) is 11.8 Å². The lowest BCUT2D eigenvalue weighted by molar-refractivity contribution is 0.429. The Morgan fingerprint density at radius 3 is 2.80 bits per heavy atom. The number of rotatable bonds is 2. The van der Waals surface area contributed by atoms with Crippen LogP contribution in [0.2, 0.25) is 5.28 Å². The number of halogens is 1. The Labute approximate surface area is 91.5 Å². The molecule has 0 aliphatic heterocycles. The number of hydrogen-bond donors (Lipinski definition) is 1. The van der Waals surface area contributed by atoms with Crippen LogP contribution in [0.15, 0.2) is 16.8 Å². The molecule has 0 saturated carbocycles. The van der Waals surface area contributed by atoms with Gasteiger partial charge in [-0.2, -0.15) is 0 Å². The molecule has 2 aromatic rings. The summed E-state index contributed by atoms with van der Waals surface area (Å²) >= 11 is 5.65. The first-order valence-electron chi connectivity index (χ1n) is 4.35. The van der Waals surface area contributed by atoms with Crippen molar-refractivity contribution in [3.63, 3.8) is 0 Å². The molecule has 15 heavy (non-hydrogen) atoms. The topological polar surface area (TPSA) is 63.8 Å². The summed E-state index contributed by atoms with van der Waals surface area (Å²) in [6, 6.07) is 1.70. The van der Waals surface area contributed by atoms with Crippen LogP contribution in [-0.4, -0.2) is 15.1 Å². The predicted molar refractivity (Wildman–Crippen MR) is 56.3 cm³/mol. The third kappa shape index (κ3) is 2.07. The molecule has 2 rings (SSSR count). The SMILES string of the molecule is Cc1noc(Nc2ccnc(Cl)n2)c1C. The third-order valence-electron chi connectivity index (χ3n) is 2.02. The van der Waals surface area contributed by atoms with Crippen LogP contribution in [0.4, 0.5) is 11.7 Å². The Morgan fingerprint density at radius 2 is 2.20 bits per heavy atom. The molecule has 0 radical (unpaired) electrons. The summed E-state index contributed by atoms with van der Waals surface area (Å²) in [6.45, 7) is 3.79.